The number of aromatic nitrogens is 3. The molecule has 0 aromatic carbocycles. The van der Waals surface area contributed by atoms with Crippen LogP contribution in [-0.4, -0.2) is 34.3 Å². The van der Waals surface area contributed by atoms with E-state index in [1.165, 1.54) is 6.20 Å². The molecule has 0 aliphatic rings. The lowest BCUT2D eigenvalue weighted by molar-refractivity contribution is -0.137. The number of hydrogen-bond acceptors (Lipinski definition) is 5. The number of sulfonamides is 1. The lowest BCUT2D eigenvalue weighted by Gasteiger charge is -2.13. The monoisotopic (exact) mass is 310 g/mol. The Bertz CT molecular complexity index is 727. The lowest BCUT2D eigenvalue weighted by Crippen LogP contribution is -2.26. The Kier molecular flexibility index (Phi) is 4.34. The molecule has 0 unspecified atom stereocenters. The van der Waals surface area contributed by atoms with Gasteiger partial charge in [-0.05, 0) is 24.6 Å². The van der Waals surface area contributed by atoms with Crippen LogP contribution < -0.4 is 4.72 Å². The van der Waals surface area contributed by atoms with Crippen molar-refractivity contribution < 1.29 is 18.3 Å². The molecular formula is C12H14N4O4S. The standard InChI is InChI=1S/C12H14N4O4S/c1-9(10-2-4-13-5-3-10)15-21(19,20)11-6-14-16(7-11)8-12(17)18/h2-7,9,15H,8H2,1H3,(H,17,18)/t9-/m0/s1. The number of carboxylic acids is 1. The summed E-state index contributed by atoms with van der Waals surface area (Å²) in [7, 11) is -3.77. The second-order valence-corrected chi connectivity index (χ2v) is 6.10. The van der Waals surface area contributed by atoms with E-state index in [9.17, 15) is 13.2 Å². The normalized spacial score (nSPS) is 13.0. The van der Waals surface area contributed by atoms with Gasteiger partial charge >= 0.3 is 5.97 Å². The van der Waals surface area contributed by atoms with Gasteiger partial charge in [0.05, 0.1) is 6.20 Å². The highest BCUT2D eigenvalue weighted by Crippen LogP contribution is 2.15. The summed E-state index contributed by atoms with van der Waals surface area (Å²) in [5, 5.41) is 12.4. The van der Waals surface area contributed by atoms with E-state index >= 15 is 0 Å². The van der Waals surface area contributed by atoms with E-state index < -0.39 is 28.6 Å². The summed E-state index contributed by atoms with van der Waals surface area (Å²) in [6.07, 6.45) is 5.44. The van der Waals surface area contributed by atoms with Crippen LogP contribution in [0, 0.1) is 0 Å². The maximum absolute atomic E-state index is 12.2. The van der Waals surface area contributed by atoms with Crippen molar-refractivity contribution in [3.8, 4) is 0 Å². The Labute approximate surface area is 121 Å². The molecule has 0 radical (unpaired) electrons. The second-order valence-electron chi connectivity index (χ2n) is 4.39. The molecule has 2 rings (SSSR count). The van der Waals surface area contributed by atoms with Crippen LogP contribution in [0.1, 0.15) is 18.5 Å². The summed E-state index contributed by atoms with van der Waals surface area (Å²) in [4.78, 5) is 14.3. The molecule has 21 heavy (non-hydrogen) atoms. The molecule has 0 spiro atoms. The van der Waals surface area contributed by atoms with Crippen LogP contribution >= 0.6 is 0 Å². The van der Waals surface area contributed by atoms with Gasteiger partial charge in [-0.25, -0.2) is 13.1 Å². The average Bonchev–Trinajstić information content (AvgIpc) is 2.88. The van der Waals surface area contributed by atoms with E-state index in [0.29, 0.717) is 0 Å². The highest BCUT2D eigenvalue weighted by Gasteiger charge is 2.20. The summed E-state index contributed by atoms with van der Waals surface area (Å²) in [6.45, 7) is 1.31. The van der Waals surface area contributed by atoms with E-state index in [4.69, 9.17) is 5.11 Å². The summed E-state index contributed by atoms with van der Waals surface area (Å²) < 4.78 is 27.9. The largest absolute Gasteiger partial charge is 0.480 e. The quantitative estimate of drug-likeness (QED) is 0.798. The molecule has 2 N–H and O–H groups in total. The maximum atomic E-state index is 12.2. The van der Waals surface area contributed by atoms with Gasteiger partial charge in [-0.1, -0.05) is 0 Å². The molecule has 8 nitrogen and oxygen atoms in total. The summed E-state index contributed by atoms with van der Waals surface area (Å²) in [5.41, 5.74) is 0.770. The van der Waals surface area contributed by atoms with Crippen molar-refractivity contribution in [2.24, 2.45) is 0 Å². The van der Waals surface area contributed by atoms with Gasteiger partial charge in [-0.15, -0.1) is 0 Å². The highest BCUT2D eigenvalue weighted by atomic mass is 32.2. The van der Waals surface area contributed by atoms with Crippen molar-refractivity contribution in [3.63, 3.8) is 0 Å². The summed E-state index contributed by atoms with van der Waals surface area (Å²) in [5.74, 6) is -1.10. The molecule has 0 aliphatic heterocycles. The molecule has 2 aromatic rings. The fourth-order valence-electron chi connectivity index (χ4n) is 1.73. The Hall–Kier alpha value is -2.26. The van der Waals surface area contributed by atoms with Crippen LogP contribution in [0.25, 0.3) is 0 Å². The predicted octanol–water partition coefficient (Wildman–Crippen LogP) is 0.402. The van der Waals surface area contributed by atoms with Crippen LogP contribution in [0.4, 0.5) is 0 Å². The minimum atomic E-state index is -3.77. The molecule has 9 heteroatoms. The first-order chi connectivity index (χ1) is 9.88. The van der Waals surface area contributed by atoms with Gasteiger partial charge in [0.1, 0.15) is 11.4 Å². The van der Waals surface area contributed by atoms with Gasteiger partial charge in [0.15, 0.2) is 0 Å². The first-order valence-electron chi connectivity index (χ1n) is 6.05. The fraction of sp³-hybridized carbons (Fsp3) is 0.250. The number of carboxylic acid groups (broad SMARTS) is 1. The van der Waals surface area contributed by atoms with E-state index in [1.54, 1.807) is 31.5 Å². The van der Waals surface area contributed by atoms with E-state index in [2.05, 4.69) is 14.8 Å². The second kappa shape index (κ2) is 6.02. The molecule has 1 atom stereocenters. The summed E-state index contributed by atoms with van der Waals surface area (Å²) >= 11 is 0. The molecule has 0 aliphatic carbocycles. The highest BCUT2D eigenvalue weighted by molar-refractivity contribution is 7.89. The summed E-state index contributed by atoms with van der Waals surface area (Å²) in [6, 6.07) is 2.98. The van der Waals surface area contributed by atoms with Crippen LogP contribution in [0.15, 0.2) is 41.8 Å². The van der Waals surface area contributed by atoms with Gasteiger partial charge in [0.2, 0.25) is 10.0 Å². The number of pyridine rings is 1. The molecule has 0 amide bonds. The topological polar surface area (TPSA) is 114 Å². The molecule has 0 fully saturated rings. The smallest absolute Gasteiger partial charge is 0.325 e. The third-order valence-corrected chi connectivity index (χ3v) is 4.25. The van der Waals surface area contributed by atoms with E-state index in [0.717, 1.165) is 16.4 Å². The van der Waals surface area contributed by atoms with Crippen molar-refractivity contribution in [2.45, 2.75) is 24.4 Å². The van der Waals surface area contributed by atoms with Crippen molar-refractivity contribution in [3.05, 3.63) is 42.5 Å². The van der Waals surface area contributed by atoms with Crippen molar-refractivity contribution >= 4 is 16.0 Å². The van der Waals surface area contributed by atoms with Crippen LogP contribution in [0.5, 0.6) is 0 Å². The van der Waals surface area contributed by atoms with Gasteiger partial charge in [0.25, 0.3) is 0 Å². The van der Waals surface area contributed by atoms with Gasteiger partial charge in [0, 0.05) is 24.6 Å². The Morgan fingerprint density at radius 2 is 2.10 bits per heavy atom. The third kappa shape index (κ3) is 3.86. The molecule has 0 saturated heterocycles. The number of aliphatic carboxylic acids is 1. The number of hydrogen-bond donors (Lipinski definition) is 2. The number of nitrogens with one attached hydrogen (secondary N) is 1. The van der Waals surface area contributed by atoms with Gasteiger partial charge < -0.3 is 5.11 Å². The molecule has 2 aromatic heterocycles. The van der Waals surface area contributed by atoms with Crippen molar-refractivity contribution in [1.29, 1.82) is 0 Å². The lowest BCUT2D eigenvalue weighted by atomic mass is 10.1. The Morgan fingerprint density at radius 3 is 2.71 bits per heavy atom. The number of rotatable bonds is 6. The zero-order valence-corrected chi connectivity index (χ0v) is 12.0. The van der Waals surface area contributed by atoms with Crippen LogP contribution in [0.2, 0.25) is 0 Å². The van der Waals surface area contributed by atoms with Crippen molar-refractivity contribution in [1.82, 2.24) is 19.5 Å². The van der Waals surface area contributed by atoms with E-state index in [1.807, 2.05) is 0 Å². The minimum Gasteiger partial charge on any atom is -0.480 e. The predicted molar refractivity (Wildman–Crippen MR) is 72.8 cm³/mol. The SMILES string of the molecule is C[C@H](NS(=O)(=O)c1cnn(CC(=O)O)c1)c1ccncc1. The fourth-order valence-corrected chi connectivity index (χ4v) is 2.91. The zero-order valence-electron chi connectivity index (χ0n) is 11.2. The third-order valence-electron chi connectivity index (χ3n) is 2.76. The molecule has 0 saturated carbocycles. The van der Waals surface area contributed by atoms with Gasteiger partial charge in [-0.2, -0.15) is 5.10 Å². The molecule has 0 bridgehead atoms. The number of carbonyl (C=O) groups is 1. The molecule has 112 valence electrons. The van der Waals surface area contributed by atoms with Gasteiger partial charge in [-0.3, -0.25) is 14.5 Å². The minimum absolute atomic E-state index is 0.0790. The van der Waals surface area contributed by atoms with Crippen molar-refractivity contribution in [2.75, 3.05) is 0 Å². The zero-order chi connectivity index (χ0) is 15.5. The Morgan fingerprint density at radius 1 is 1.43 bits per heavy atom. The average molecular weight is 310 g/mol. The first kappa shape index (κ1) is 15.1. The maximum Gasteiger partial charge on any atom is 0.325 e. The van der Waals surface area contributed by atoms with Crippen LogP contribution in [-0.2, 0) is 21.4 Å². The number of nitrogens with zero attached hydrogens (tertiary/aromatic N) is 3. The molecular weight excluding hydrogens is 296 g/mol. The van der Waals surface area contributed by atoms with E-state index in [-0.39, 0.29) is 4.90 Å². The van der Waals surface area contributed by atoms with Crippen LogP contribution in [0.3, 0.4) is 0 Å². The first-order valence-corrected chi connectivity index (χ1v) is 7.53. The Balaban J connectivity index is 2.15. The molecule has 2 heterocycles.